The maximum absolute atomic E-state index is 12.1. The number of thiazole rings is 1. The molecule has 138 valence electrons. The fourth-order valence-corrected chi connectivity index (χ4v) is 3.34. The number of fused-ring (bicyclic) bond motifs is 1. The average Bonchev–Trinajstić information content (AvgIpc) is 3.04. The van der Waals surface area contributed by atoms with Crippen LogP contribution in [0.15, 0.2) is 47.6 Å². The van der Waals surface area contributed by atoms with Crippen LogP contribution in [0.4, 0.5) is 10.8 Å². The number of anilines is 1. The SMILES string of the molecule is C[C@@H](Nc1nc2ccccc2s1)C(=O)N/N=C\c1ccc(Cl)c([N+](=O)[O-])c1. The number of carbonyl (C=O) groups is 1. The molecule has 3 aromatic rings. The molecular formula is C17H14ClN5O3S. The van der Waals surface area contributed by atoms with E-state index >= 15 is 0 Å². The van der Waals surface area contributed by atoms with Crippen molar-refractivity contribution in [1.82, 2.24) is 10.4 Å². The summed E-state index contributed by atoms with van der Waals surface area (Å²) >= 11 is 7.21. The van der Waals surface area contributed by atoms with Crippen LogP contribution < -0.4 is 10.7 Å². The molecule has 0 saturated carbocycles. The lowest BCUT2D eigenvalue weighted by Crippen LogP contribution is -2.34. The Morgan fingerprint density at radius 1 is 1.37 bits per heavy atom. The van der Waals surface area contributed by atoms with Crippen LogP contribution in [-0.2, 0) is 4.79 Å². The van der Waals surface area contributed by atoms with Crippen LogP contribution in [-0.4, -0.2) is 28.1 Å². The Bertz CT molecular complexity index is 1000. The second-order valence-corrected chi connectivity index (χ2v) is 6.99. The predicted molar refractivity (Wildman–Crippen MR) is 107 cm³/mol. The first kappa shape index (κ1) is 18.7. The molecule has 8 nitrogen and oxygen atoms in total. The quantitative estimate of drug-likeness (QED) is 0.369. The van der Waals surface area contributed by atoms with Crippen LogP contribution in [0.5, 0.6) is 0 Å². The summed E-state index contributed by atoms with van der Waals surface area (Å²) in [6.07, 6.45) is 1.31. The molecule has 3 rings (SSSR count). The number of nitro groups is 1. The van der Waals surface area contributed by atoms with Gasteiger partial charge in [0.25, 0.3) is 11.6 Å². The Hall–Kier alpha value is -3.04. The molecule has 0 aliphatic heterocycles. The van der Waals surface area contributed by atoms with Gasteiger partial charge in [0, 0.05) is 11.6 Å². The largest absolute Gasteiger partial charge is 0.350 e. The van der Waals surface area contributed by atoms with Crippen molar-refractivity contribution in [3.8, 4) is 0 Å². The van der Waals surface area contributed by atoms with Crippen molar-refractivity contribution < 1.29 is 9.72 Å². The molecule has 0 saturated heterocycles. The molecule has 0 unspecified atom stereocenters. The van der Waals surface area contributed by atoms with Crippen LogP contribution in [0.1, 0.15) is 12.5 Å². The summed E-state index contributed by atoms with van der Waals surface area (Å²) < 4.78 is 1.02. The second kappa shape index (κ2) is 8.11. The Labute approximate surface area is 163 Å². The molecule has 2 N–H and O–H groups in total. The molecular weight excluding hydrogens is 390 g/mol. The van der Waals surface area contributed by atoms with Crippen LogP contribution in [0.3, 0.4) is 0 Å². The van der Waals surface area contributed by atoms with Crippen molar-refractivity contribution in [2.45, 2.75) is 13.0 Å². The van der Waals surface area contributed by atoms with Gasteiger partial charge in [0.1, 0.15) is 11.1 Å². The molecule has 2 aromatic carbocycles. The predicted octanol–water partition coefficient (Wildman–Crippen LogP) is 3.81. The number of hydrazone groups is 1. The second-order valence-electron chi connectivity index (χ2n) is 5.55. The van der Waals surface area contributed by atoms with Gasteiger partial charge in [0.15, 0.2) is 5.13 Å². The summed E-state index contributed by atoms with van der Waals surface area (Å²) in [5.41, 5.74) is 3.47. The summed E-state index contributed by atoms with van der Waals surface area (Å²) in [6.45, 7) is 1.68. The summed E-state index contributed by atoms with van der Waals surface area (Å²) in [6, 6.07) is 11.4. The highest BCUT2D eigenvalue weighted by Gasteiger charge is 2.15. The van der Waals surface area contributed by atoms with E-state index < -0.39 is 11.0 Å². The monoisotopic (exact) mass is 403 g/mol. The van der Waals surface area contributed by atoms with Gasteiger partial charge in [-0.05, 0) is 25.1 Å². The van der Waals surface area contributed by atoms with Gasteiger partial charge >= 0.3 is 0 Å². The number of carbonyl (C=O) groups excluding carboxylic acids is 1. The van der Waals surface area contributed by atoms with E-state index in [0.29, 0.717) is 10.7 Å². The molecule has 1 amide bonds. The van der Waals surface area contributed by atoms with Crippen LogP contribution in [0.25, 0.3) is 10.2 Å². The number of rotatable bonds is 6. The Balaban J connectivity index is 1.60. The number of amides is 1. The van der Waals surface area contributed by atoms with Crippen molar-refractivity contribution in [3.63, 3.8) is 0 Å². The first-order chi connectivity index (χ1) is 12.9. The highest BCUT2D eigenvalue weighted by molar-refractivity contribution is 7.22. The van der Waals surface area contributed by atoms with Crippen LogP contribution in [0.2, 0.25) is 5.02 Å². The lowest BCUT2D eigenvalue weighted by Gasteiger charge is -2.10. The number of benzene rings is 2. The van der Waals surface area contributed by atoms with Gasteiger partial charge in [-0.15, -0.1) is 0 Å². The van der Waals surface area contributed by atoms with Crippen molar-refractivity contribution in [3.05, 3.63) is 63.2 Å². The van der Waals surface area contributed by atoms with Crippen molar-refractivity contribution in [1.29, 1.82) is 0 Å². The van der Waals surface area contributed by atoms with Crippen molar-refractivity contribution in [2.24, 2.45) is 5.10 Å². The fraction of sp³-hybridized carbons (Fsp3) is 0.118. The van der Waals surface area contributed by atoms with Gasteiger partial charge < -0.3 is 5.32 Å². The van der Waals surface area contributed by atoms with Gasteiger partial charge in [-0.2, -0.15) is 5.10 Å². The normalized spacial score (nSPS) is 12.2. The van der Waals surface area contributed by atoms with E-state index in [1.54, 1.807) is 13.0 Å². The number of halogens is 1. The molecule has 1 aromatic heterocycles. The number of nitrogens with zero attached hydrogens (tertiary/aromatic N) is 3. The van der Waals surface area contributed by atoms with Crippen LogP contribution >= 0.6 is 22.9 Å². The zero-order chi connectivity index (χ0) is 19.4. The van der Waals surface area contributed by atoms with Crippen LogP contribution in [0, 0.1) is 10.1 Å². The Morgan fingerprint density at radius 2 is 2.15 bits per heavy atom. The summed E-state index contributed by atoms with van der Waals surface area (Å²) in [7, 11) is 0. The van der Waals surface area contributed by atoms with Gasteiger partial charge in [0.2, 0.25) is 0 Å². The van der Waals surface area contributed by atoms with Gasteiger partial charge in [0.05, 0.1) is 21.4 Å². The molecule has 0 fully saturated rings. The van der Waals surface area contributed by atoms with E-state index in [9.17, 15) is 14.9 Å². The number of nitrogens with one attached hydrogen (secondary N) is 2. The minimum atomic E-state index is -0.581. The highest BCUT2D eigenvalue weighted by Crippen LogP contribution is 2.26. The molecule has 0 spiro atoms. The third-order valence-electron chi connectivity index (χ3n) is 3.58. The average molecular weight is 404 g/mol. The van der Waals surface area contributed by atoms with E-state index in [1.165, 1.54) is 29.7 Å². The topological polar surface area (TPSA) is 110 Å². The number of para-hydroxylation sites is 1. The zero-order valence-electron chi connectivity index (χ0n) is 14.0. The van der Waals surface area contributed by atoms with E-state index in [2.05, 4.69) is 20.8 Å². The fourth-order valence-electron chi connectivity index (χ4n) is 2.20. The van der Waals surface area contributed by atoms with E-state index in [-0.39, 0.29) is 16.6 Å². The molecule has 0 bridgehead atoms. The number of hydrogen-bond acceptors (Lipinski definition) is 7. The van der Waals surface area contributed by atoms with Gasteiger partial charge in [-0.1, -0.05) is 41.1 Å². The molecule has 0 aliphatic carbocycles. The van der Waals surface area contributed by atoms with E-state index in [0.717, 1.165) is 10.2 Å². The summed E-state index contributed by atoms with van der Waals surface area (Å²) in [5.74, 6) is -0.367. The number of aromatic nitrogens is 1. The third kappa shape index (κ3) is 4.57. The highest BCUT2D eigenvalue weighted by atomic mass is 35.5. The first-order valence-corrected chi connectivity index (χ1v) is 9.02. The van der Waals surface area contributed by atoms with Crippen molar-refractivity contribution in [2.75, 3.05) is 5.32 Å². The molecule has 27 heavy (non-hydrogen) atoms. The Kier molecular flexibility index (Phi) is 5.63. The number of nitro benzene ring substituents is 1. The molecule has 1 atom stereocenters. The van der Waals surface area contributed by atoms with Gasteiger partial charge in [-0.3, -0.25) is 14.9 Å². The van der Waals surface area contributed by atoms with Crippen molar-refractivity contribution >= 4 is 56.1 Å². The van der Waals surface area contributed by atoms with Gasteiger partial charge in [-0.25, -0.2) is 10.4 Å². The third-order valence-corrected chi connectivity index (χ3v) is 4.87. The smallest absolute Gasteiger partial charge is 0.288 e. The molecule has 0 aliphatic rings. The first-order valence-electron chi connectivity index (χ1n) is 7.83. The minimum Gasteiger partial charge on any atom is -0.350 e. The summed E-state index contributed by atoms with van der Waals surface area (Å²) in [5, 5.41) is 18.4. The molecule has 1 heterocycles. The van der Waals surface area contributed by atoms with E-state index in [1.807, 2.05) is 24.3 Å². The minimum absolute atomic E-state index is 0.0369. The number of hydrogen-bond donors (Lipinski definition) is 2. The van der Waals surface area contributed by atoms with E-state index in [4.69, 9.17) is 11.6 Å². The summed E-state index contributed by atoms with van der Waals surface area (Å²) in [4.78, 5) is 26.8. The standard InChI is InChI=1S/C17H14ClN5O3S/c1-10(20-17-21-13-4-2-3-5-15(13)27-17)16(24)22-19-9-11-6-7-12(18)14(8-11)23(25)26/h2-10H,1H3,(H,20,21)(H,22,24)/b19-9-/t10-/m1/s1. The maximum atomic E-state index is 12.1. The molecule has 10 heteroatoms. The maximum Gasteiger partial charge on any atom is 0.288 e. The molecule has 0 radical (unpaired) electrons. The lowest BCUT2D eigenvalue weighted by molar-refractivity contribution is -0.384. The lowest BCUT2D eigenvalue weighted by atomic mass is 10.2. The Morgan fingerprint density at radius 3 is 2.89 bits per heavy atom. The zero-order valence-corrected chi connectivity index (χ0v) is 15.6.